The molecule has 8 heteroatoms. The first-order valence-electron chi connectivity index (χ1n) is 11.9. The Labute approximate surface area is 212 Å². The molecule has 3 atom stereocenters. The Kier molecular flexibility index (Phi) is 5.07. The molecule has 0 bridgehead atoms. The summed E-state index contributed by atoms with van der Waals surface area (Å²) < 4.78 is 17.1. The second kappa shape index (κ2) is 8.11. The van der Waals surface area contributed by atoms with Gasteiger partial charge in [0.25, 0.3) is 0 Å². The molecule has 2 saturated heterocycles. The summed E-state index contributed by atoms with van der Waals surface area (Å²) in [5.74, 6) is -4.20. The highest BCUT2D eigenvalue weighted by Gasteiger charge is 2.74. The van der Waals surface area contributed by atoms with Crippen LogP contribution in [0.4, 0.5) is 5.69 Å². The van der Waals surface area contributed by atoms with Crippen LogP contribution in [0.5, 0.6) is 11.5 Å². The maximum Gasteiger partial charge on any atom is 0.241 e. The van der Waals surface area contributed by atoms with Gasteiger partial charge in [-0.25, -0.2) is 4.90 Å². The lowest BCUT2D eigenvalue weighted by molar-refractivity contribution is -0.127. The quantitative estimate of drug-likeness (QED) is 0.400. The van der Waals surface area contributed by atoms with Crippen molar-refractivity contribution in [1.82, 2.24) is 0 Å². The van der Waals surface area contributed by atoms with Gasteiger partial charge in [-0.05, 0) is 24.6 Å². The van der Waals surface area contributed by atoms with Gasteiger partial charge in [0.2, 0.25) is 29.0 Å². The van der Waals surface area contributed by atoms with Crippen molar-refractivity contribution in [2.24, 2.45) is 11.8 Å². The zero-order chi connectivity index (χ0) is 26.1. The molecule has 0 unspecified atom stereocenters. The van der Waals surface area contributed by atoms with Gasteiger partial charge in [-0.3, -0.25) is 19.2 Å². The van der Waals surface area contributed by atoms with Gasteiger partial charge in [-0.1, -0.05) is 54.1 Å². The number of rotatable bonds is 4. The fraction of sp³-hybridized carbons (Fsp3) is 0.241. The lowest BCUT2D eigenvalue weighted by atomic mass is 9.77. The summed E-state index contributed by atoms with van der Waals surface area (Å²) in [6, 6.07) is 18.5. The van der Waals surface area contributed by atoms with Gasteiger partial charge in [-0.2, -0.15) is 0 Å². The van der Waals surface area contributed by atoms with Crippen LogP contribution in [-0.4, -0.2) is 43.2 Å². The number of aryl methyl sites for hydroxylation is 1. The van der Waals surface area contributed by atoms with Crippen molar-refractivity contribution in [2.45, 2.75) is 18.6 Å². The van der Waals surface area contributed by atoms with Crippen LogP contribution in [0.25, 0.3) is 0 Å². The SMILES string of the molecule is COc1ccc(OC)c(N2C(=O)[C@@H]3[C@@H](C2=O)C2(O[C@H]3c3ccc(C)cc3)C(=O)c3ccccc3C2=O)c1. The third-order valence-corrected chi connectivity index (χ3v) is 7.55. The van der Waals surface area contributed by atoms with Crippen molar-refractivity contribution in [3.63, 3.8) is 0 Å². The molecule has 1 spiro atoms. The fourth-order valence-corrected chi connectivity index (χ4v) is 5.78. The molecule has 2 fully saturated rings. The normalized spacial score (nSPS) is 23.5. The molecule has 186 valence electrons. The molecule has 8 nitrogen and oxygen atoms in total. The number of Topliss-reactive ketones (excluding diaryl/α,β-unsaturated/α-hetero) is 2. The van der Waals surface area contributed by atoms with Crippen LogP contribution in [0.3, 0.4) is 0 Å². The molecule has 2 amide bonds. The third kappa shape index (κ3) is 2.99. The van der Waals surface area contributed by atoms with E-state index in [0.29, 0.717) is 11.3 Å². The van der Waals surface area contributed by atoms with Gasteiger partial charge in [0, 0.05) is 17.2 Å². The van der Waals surface area contributed by atoms with E-state index in [1.54, 1.807) is 48.5 Å². The largest absolute Gasteiger partial charge is 0.497 e. The summed E-state index contributed by atoms with van der Waals surface area (Å²) in [6.07, 6.45) is -0.981. The molecule has 6 rings (SSSR count). The highest BCUT2D eigenvalue weighted by molar-refractivity contribution is 6.37. The van der Waals surface area contributed by atoms with Gasteiger partial charge in [0.05, 0.1) is 37.8 Å². The molecule has 0 radical (unpaired) electrons. The monoisotopic (exact) mass is 497 g/mol. The second-order valence-corrected chi connectivity index (χ2v) is 9.44. The van der Waals surface area contributed by atoms with Crippen molar-refractivity contribution < 1.29 is 33.4 Å². The highest BCUT2D eigenvalue weighted by atomic mass is 16.5. The molecular formula is C29H23NO7. The maximum absolute atomic E-state index is 14.1. The van der Waals surface area contributed by atoms with Crippen LogP contribution in [-0.2, 0) is 14.3 Å². The minimum Gasteiger partial charge on any atom is -0.497 e. The number of ether oxygens (including phenoxy) is 3. The van der Waals surface area contributed by atoms with E-state index in [1.165, 1.54) is 20.3 Å². The van der Waals surface area contributed by atoms with Crippen molar-refractivity contribution in [3.8, 4) is 11.5 Å². The van der Waals surface area contributed by atoms with Gasteiger partial charge in [0.1, 0.15) is 11.5 Å². The molecule has 37 heavy (non-hydrogen) atoms. The number of fused-ring (bicyclic) bond motifs is 3. The average molecular weight is 498 g/mol. The van der Waals surface area contributed by atoms with Crippen LogP contribution in [0.1, 0.15) is 37.9 Å². The van der Waals surface area contributed by atoms with E-state index >= 15 is 0 Å². The van der Waals surface area contributed by atoms with Crippen molar-refractivity contribution in [3.05, 3.63) is 89.0 Å². The Hall–Kier alpha value is -4.30. The predicted molar refractivity (Wildman–Crippen MR) is 132 cm³/mol. The molecule has 3 aliphatic rings. The summed E-state index contributed by atoms with van der Waals surface area (Å²) in [5.41, 5.74) is 0.0263. The Morgan fingerprint density at radius 1 is 0.811 bits per heavy atom. The molecule has 0 N–H and O–H groups in total. The number of benzene rings is 3. The van der Waals surface area contributed by atoms with Crippen LogP contribution < -0.4 is 14.4 Å². The number of imide groups is 1. The molecule has 2 aliphatic heterocycles. The summed E-state index contributed by atoms with van der Waals surface area (Å²) in [7, 11) is 2.90. The lowest BCUT2D eigenvalue weighted by Gasteiger charge is -2.27. The van der Waals surface area contributed by atoms with E-state index in [-0.39, 0.29) is 22.6 Å². The third-order valence-electron chi connectivity index (χ3n) is 7.55. The smallest absolute Gasteiger partial charge is 0.241 e. The Morgan fingerprint density at radius 2 is 1.46 bits per heavy atom. The molecule has 0 aromatic heterocycles. The van der Waals surface area contributed by atoms with E-state index in [9.17, 15) is 19.2 Å². The molecule has 0 saturated carbocycles. The number of ketones is 2. The zero-order valence-corrected chi connectivity index (χ0v) is 20.4. The van der Waals surface area contributed by atoms with E-state index in [4.69, 9.17) is 14.2 Å². The number of nitrogens with zero attached hydrogens (tertiary/aromatic N) is 1. The van der Waals surface area contributed by atoms with Crippen molar-refractivity contribution in [1.29, 1.82) is 0 Å². The van der Waals surface area contributed by atoms with Gasteiger partial charge < -0.3 is 14.2 Å². The second-order valence-electron chi connectivity index (χ2n) is 9.44. The first-order chi connectivity index (χ1) is 17.8. The topological polar surface area (TPSA) is 99.2 Å². The average Bonchev–Trinajstić information content (AvgIpc) is 3.48. The first kappa shape index (κ1) is 23.1. The standard InChI is InChI=1S/C29H23NO7/c1-15-8-10-16(11-9-15)24-22-23(29(37-24)25(31)18-6-4-5-7-19(18)26(29)32)28(34)30(27(22)33)20-14-17(35-2)12-13-21(20)36-3/h4-14,22-24H,1-3H3/t22-,23+,24+/m1/s1. The maximum atomic E-state index is 14.1. The van der Waals surface area contributed by atoms with E-state index in [2.05, 4.69) is 0 Å². The van der Waals surface area contributed by atoms with Gasteiger partial charge in [-0.15, -0.1) is 0 Å². The number of hydrogen-bond acceptors (Lipinski definition) is 7. The highest BCUT2D eigenvalue weighted by Crippen LogP contribution is 2.58. The van der Waals surface area contributed by atoms with Crippen LogP contribution in [0.2, 0.25) is 0 Å². The van der Waals surface area contributed by atoms with Crippen molar-refractivity contribution >= 4 is 29.1 Å². The van der Waals surface area contributed by atoms with E-state index < -0.39 is 46.9 Å². The molecule has 2 heterocycles. The number of amides is 2. The Bertz CT molecular complexity index is 1460. The zero-order valence-electron chi connectivity index (χ0n) is 20.4. The summed E-state index contributed by atoms with van der Waals surface area (Å²) >= 11 is 0. The molecule has 1 aliphatic carbocycles. The predicted octanol–water partition coefficient (Wildman–Crippen LogP) is 3.71. The fourth-order valence-electron chi connectivity index (χ4n) is 5.78. The number of methoxy groups -OCH3 is 2. The molecular weight excluding hydrogens is 474 g/mol. The molecule has 3 aromatic rings. The van der Waals surface area contributed by atoms with Gasteiger partial charge >= 0.3 is 0 Å². The summed E-state index contributed by atoms with van der Waals surface area (Å²) in [6.45, 7) is 1.92. The van der Waals surface area contributed by atoms with Crippen LogP contribution in [0.15, 0.2) is 66.7 Å². The minimum absolute atomic E-state index is 0.180. The number of carbonyl (C=O) groups excluding carboxylic acids is 4. The number of hydrogen-bond donors (Lipinski definition) is 0. The van der Waals surface area contributed by atoms with Gasteiger partial charge in [0.15, 0.2) is 0 Å². The number of carbonyl (C=O) groups is 4. The minimum atomic E-state index is -2.13. The first-order valence-corrected chi connectivity index (χ1v) is 11.9. The Morgan fingerprint density at radius 3 is 2.05 bits per heavy atom. The van der Waals surface area contributed by atoms with E-state index in [0.717, 1.165) is 10.5 Å². The summed E-state index contributed by atoms with van der Waals surface area (Å²) in [5, 5.41) is 0. The summed E-state index contributed by atoms with van der Waals surface area (Å²) in [4.78, 5) is 56.9. The van der Waals surface area contributed by atoms with Crippen LogP contribution >= 0.6 is 0 Å². The van der Waals surface area contributed by atoms with Crippen LogP contribution in [0, 0.1) is 18.8 Å². The lowest BCUT2D eigenvalue weighted by Crippen LogP contribution is -2.51. The molecule has 3 aromatic carbocycles. The Balaban J connectivity index is 1.55. The van der Waals surface area contributed by atoms with Crippen molar-refractivity contribution in [2.75, 3.05) is 19.1 Å². The van der Waals surface area contributed by atoms with E-state index in [1.807, 2.05) is 19.1 Å². The number of anilines is 1.